The fraction of sp³-hybridized carbons (Fsp3) is 0.120. The Morgan fingerprint density at radius 2 is 1.73 bits per heavy atom. The van der Waals surface area contributed by atoms with Crippen molar-refractivity contribution < 1.29 is 9.84 Å². The van der Waals surface area contributed by atoms with E-state index in [2.05, 4.69) is 27.1 Å². The molecular formula is C25H21N3O2. The van der Waals surface area contributed by atoms with Gasteiger partial charge in [-0.2, -0.15) is 0 Å². The van der Waals surface area contributed by atoms with E-state index >= 15 is 0 Å². The zero-order chi connectivity index (χ0) is 20.8. The molecule has 0 radical (unpaired) electrons. The topological polar surface area (TPSA) is 67.3 Å². The van der Waals surface area contributed by atoms with Gasteiger partial charge in [0.15, 0.2) is 0 Å². The summed E-state index contributed by atoms with van der Waals surface area (Å²) < 4.78 is 5.84. The molecule has 0 saturated heterocycles. The first-order chi connectivity index (χ1) is 14.7. The number of para-hydroxylation sites is 1. The quantitative estimate of drug-likeness (QED) is 0.450. The minimum atomic E-state index is -0.623. The molecule has 0 bridgehead atoms. The highest BCUT2D eigenvalue weighted by atomic mass is 16.5. The predicted octanol–water partition coefficient (Wildman–Crippen LogP) is 5.29. The molecule has 0 fully saturated rings. The normalized spacial score (nSPS) is 11.4. The van der Waals surface area contributed by atoms with Crippen LogP contribution in [0, 0.1) is 11.8 Å². The zero-order valence-corrected chi connectivity index (χ0v) is 16.5. The molecule has 1 unspecified atom stereocenters. The summed E-state index contributed by atoms with van der Waals surface area (Å²) in [4.78, 5) is 8.72. The van der Waals surface area contributed by atoms with Gasteiger partial charge in [-0.05, 0) is 61.0 Å². The van der Waals surface area contributed by atoms with Crippen molar-refractivity contribution in [3.8, 4) is 23.3 Å². The summed E-state index contributed by atoms with van der Waals surface area (Å²) in [5.74, 6) is 8.09. The van der Waals surface area contributed by atoms with Crippen LogP contribution in [0.1, 0.15) is 18.9 Å². The number of benzene rings is 3. The number of fused-ring (bicyclic) bond motifs is 1. The lowest BCUT2D eigenvalue weighted by molar-refractivity contribution is 0.228. The van der Waals surface area contributed by atoms with Crippen LogP contribution in [0.2, 0.25) is 0 Å². The molecule has 4 aromatic rings. The Morgan fingerprint density at radius 3 is 2.50 bits per heavy atom. The Balaban J connectivity index is 1.56. The molecule has 148 valence electrons. The van der Waals surface area contributed by atoms with Gasteiger partial charge < -0.3 is 15.2 Å². The molecule has 2 N–H and O–H groups in total. The smallest absolute Gasteiger partial charge is 0.141 e. The van der Waals surface area contributed by atoms with Crippen molar-refractivity contribution in [1.82, 2.24) is 9.97 Å². The number of hydrogen-bond donors (Lipinski definition) is 2. The van der Waals surface area contributed by atoms with Gasteiger partial charge in [0.1, 0.15) is 29.7 Å². The Kier molecular flexibility index (Phi) is 5.88. The predicted molar refractivity (Wildman–Crippen MR) is 119 cm³/mol. The highest BCUT2D eigenvalue weighted by molar-refractivity contribution is 5.91. The maximum absolute atomic E-state index is 9.68. The van der Waals surface area contributed by atoms with Crippen LogP contribution in [-0.4, -0.2) is 21.2 Å². The van der Waals surface area contributed by atoms with Gasteiger partial charge in [-0.1, -0.05) is 37.0 Å². The third kappa shape index (κ3) is 4.75. The molecule has 30 heavy (non-hydrogen) atoms. The first-order valence-electron chi connectivity index (χ1n) is 9.75. The third-order valence-electron chi connectivity index (χ3n) is 4.50. The molecule has 3 aromatic carbocycles. The number of anilines is 2. The van der Waals surface area contributed by atoms with Crippen molar-refractivity contribution in [1.29, 1.82) is 0 Å². The van der Waals surface area contributed by atoms with E-state index in [4.69, 9.17) is 4.74 Å². The van der Waals surface area contributed by atoms with Crippen molar-refractivity contribution in [2.45, 2.75) is 19.4 Å². The van der Waals surface area contributed by atoms with Crippen LogP contribution in [0.15, 0.2) is 79.1 Å². The van der Waals surface area contributed by atoms with E-state index in [0.29, 0.717) is 12.2 Å². The largest absolute Gasteiger partial charge is 0.457 e. The number of ether oxygens (including phenoxy) is 1. The maximum Gasteiger partial charge on any atom is 0.141 e. The van der Waals surface area contributed by atoms with Crippen LogP contribution in [0.4, 0.5) is 11.5 Å². The lowest BCUT2D eigenvalue weighted by Crippen LogP contribution is -1.99. The highest BCUT2D eigenvalue weighted by Gasteiger charge is 2.06. The summed E-state index contributed by atoms with van der Waals surface area (Å²) in [6, 6.07) is 23.1. The van der Waals surface area contributed by atoms with Crippen LogP contribution in [0.5, 0.6) is 11.5 Å². The number of nitrogens with zero attached hydrogens (tertiary/aromatic N) is 2. The summed E-state index contributed by atoms with van der Waals surface area (Å²) >= 11 is 0. The Bertz CT molecular complexity index is 1200. The second-order valence-electron chi connectivity index (χ2n) is 6.71. The highest BCUT2D eigenvalue weighted by Crippen LogP contribution is 2.27. The maximum atomic E-state index is 9.68. The molecule has 0 aliphatic rings. The van der Waals surface area contributed by atoms with Gasteiger partial charge in [-0.3, -0.25) is 0 Å². The van der Waals surface area contributed by atoms with Crippen LogP contribution in [0.3, 0.4) is 0 Å². The van der Waals surface area contributed by atoms with Gasteiger partial charge in [-0.15, -0.1) is 0 Å². The standard InChI is InChI=1S/C25H21N3O2/c1-2-20(29)12-8-18-9-15-24-23(16-18)25(27-17-26-24)28-19-10-13-22(14-11-19)30-21-6-4-3-5-7-21/h3-7,9-11,13-17,20,29H,2H2,1H3,(H,26,27,28). The molecule has 0 aliphatic carbocycles. The number of rotatable bonds is 5. The van der Waals surface area contributed by atoms with Gasteiger partial charge in [0.05, 0.1) is 5.52 Å². The molecule has 5 nitrogen and oxygen atoms in total. The lowest BCUT2D eigenvalue weighted by atomic mass is 10.1. The molecule has 4 rings (SSSR count). The number of hydrogen-bond acceptors (Lipinski definition) is 5. The molecule has 0 saturated carbocycles. The fourth-order valence-corrected chi connectivity index (χ4v) is 2.87. The SMILES string of the molecule is CCC(O)C#Cc1ccc2ncnc(Nc3ccc(Oc4ccccc4)cc3)c2c1. The average molecular weight is 395 g/mol. The van der Waals surface area contributed by atoms with E-state index in [0.717, 1.165) is 33.7 Å². The van der Waals surface area contributed by atoms with E-state index in [9.17, 15) is 5.11 Å². The van der Waals surface area contributed by atoms with E-state index in [-0.39, 0.29) is 0 Å². The van der Waals surface area contributed by atoms with Crippen LogP contribution in [0.25, 0.3) is 10.9 Å². The number of aliphatic hydroxyl groups is 1. The Labute approximate surface area is 175 Å². The summed E-state index contributed by atoms with van der Waals surface area (Å²) in [5.41, 5.74) is 2.51. The fourth-order valence-electron chi connectivity index (χ4n) is 2.87. The first-order valence-corrected chi connectivity index (χ1v) is 9.75. The molecule has 0 spiro atoms. The third-order valence-corrected chi connectivity index (χ3v) is 4.50. The van der Waals surface area contributed by atoms with Crippen LogP contribution >= 0.6 is 0 Å². The van der Waals surface area contributed by atoms with Gasteiger partial charge in [0, 0.05) is 16.6 Å². The molecule has 1 heterocycles. The van der Waals surface area contributed by atoms with Crippen molar-refractivity contribution in [3.05, 3.63) is 84.7 Å². The van der Waals surface area contributed by atoms with Crippen LogP contribution in [-0.2, 0) is 0 Å². The summed E-state index contributed by atoms with van der Waals surface area (Å²) in [6.45, 7) is 1.89. The van der Waals surface area contributed by atoms with Crippen molar-refractivity contribution in [2.24, 2.45) is 0 Å². The molecule has 0 aliphatic heterocycles. The minimum Gasteiger partial charge on any atom is -0.457 e. The Morgan fingerprint density at radius 1 is 0.967 bits per heavy atom. The van der Waals surface area contributed by atoms with E-state index in [1.54, 1.807) is 0 Å². The molecule has 0 amide bonds. The van der Waals surface area contributed by atoms with E-state index in [1.807, 2.05) is 79.7 Å². The molecule has 1 aromatic heterocycles. The van der Waals surface area contributed by atoms with Gasteiger partial charge in [-0.25, -0.2) is 9.97 Å². The van der Waals surface area contributed by atoms with Gasteiger partial charge >= 0.3 is 0 Å². The zero-order valence-electron chi connectivity index (χ0n) is 16.5. The second kappa shape index (κ2) is 9.08. The van der Waals surface area contributed by atoms with Crippen molar-refractivity contribution in [3.63, 3.8) is 0 Å². The summed E-state index contributed by atoms with van der Waals surface area (Å²) in [7, 11) is 0. The van der Waals surface area contributed by atoms with E-state index in [1.165, 1.54) is 6.33 Å². The van der Waals surface area contributed by atoms with Gasteiger partial charge in [0.25, 0.3) is 0 Å². The molecule has 1 atom stereocenters. The molecular weight excluding hydrogens is 374 g/mol. The summed E-state index contributed by atoms with van der Waals surface area (Å²) in [6.07, 6.45) is 1.51. The monoisotopic (exact) mass is 395 g/mol. The number of nitrogens with one attached hydrogen (secondary N) is 1. The van der Waals surface area contributed by atoms with Crippen molar-refractivity contribution >= 4 is 22.4 Å². The number of aromatic nitrogens is 2. The van der Waals surface area contributed by atoms with E-state index < -0.39 is 6.10 Å². The summed E-state index contributed by atoms with van der Waals surface area (Å²) in [5, 5.41) is 13.9. The first kappa shape index (κ1) is 19.4. The van der Waals surface area contributed by atoms with Crippen LogP contribution < -0.4 is 10.1 Å². The Hall–Kier alpha value is -3.88. The second-order valence-corrected chi connectivity index (χ2v) is 6.71. The van der Waals surface area contributed by atoms with Gasteiger partial charge in [0.2, 0.25) is 0 Å². The minimum absolute atomic E-state index is 0.598. The average Bonchev–Trinajstić information content (AvgIpc) is 2.79. The molecule has 5 heteroatoms. The van der Waals surface area contributed by atoms with Crippen molar-refractivity contribution in [2.75, 3.05) is 5.32 Å². The lowest BCUT2D eigenvalue weighted by Gasteiger charge is -2.10. The number of aliphatic hydroxyl groups excluding tert-OH is 1.